The van der Waals surface area contributed by atoms with E-state index in [9.17, 15) is 24.0 Å². The molecule has 4 rings (SSSR count). The van der Waals surface area contributed by atoms with Gasteiger partial charge < -0.3 is 19.4 Å². The van der Waals surface area contributed by atoms with Crippen LogP contribution in [0.2, 0.25) is 0 Å². The maximum atomic E-state index is 12.2. The largest absolute Gasteiger partial charge is 0.426 e. The number of fused-ring (bicyclic) bond motifs is 1. The van der Waals surface area contributed by atoms with Crippen LogP contribution in [-0.4, -0.2) is 36.5 Å². The Bertz CT molecular complexity index is 1600. The third kappa shape index (κ3) is 6.17. The van der Waals surface area contributed by atoms with Crippen molar-refractivity contribution in [3.8, 4) is 11.5 Å². The molecule has 2 aromatic carbocycles. The van der Waals surface area contributed by atoms with Crippen LogP contribution in [0.25, 0.3) is 11.2 Å². The molecule has 0 spiro atoms. The summed E-state index contributed by atoms with van der Waals surface area (Å²) in [7, 11) is 4.77. The highest BCUT2D eigenvalue weighted by Crippen LogP contribution is 2.22. The van der Waals surface area contributed by atoms with Gasteiger partial charge in [-0.3, -0.25) is 23.5 Å². The smallest absolute Gasteiger partial charge is 0.347 e. The van der Waals surface area contributed by atoms with Gasteiger partial charge in [0.05, 0.1) is 6.33 Å². The summed E-state index contributed by atoms with van der Waals surface area (Å²) in [6, 6.07) is 12.6. The standard InChI is InChI=1S/C17H15NO5.C8H10N4O2/c1-11(19)18-13-7-9-14(10-8-13)23-17(21)15-5-3-4-6-16(15)22-12(2)20;1-10-4-9-6-5(10)7(13)12(3)8(14)11(6)2/h3-10H,1-2H3,(H,18,19);4H,1-3H3. The Morgan fingerprint density at radius 1 is 0.865 bits per heavy atom. The van der Waals surface area contributed by atoms with Gasteiger partial charge in [0.25, 0.3) is 5.56 Å². The fourth-order valence-electron chi connectivity index (χ4n) is 3.32. The first-order valence-electron chi connectivity index (χ1n) is 10.9. The highest BCUT2D eigenvalue weighted by molar-refractivity contribution is 5.95. The Kier molecular flexibility index (Phi) is 8.02. The van der Waals surface area contributed by atoms with Crippen molar-refractivity contribution >= 4 is 34.7 Å². The van der Waals surface area contributed by atoms with E-state index in [4.69, 9.17) is 9.47 Å². The second-order valence-corrected chi connectivity index (χ2v) is 7.92. The topological polar surface area (TPSA) is 144 Å². The van der Waals surface area contributed by atoms with Gasteiger partial charge in [-0.15, -0.1) is 0 Å². The molecule has 0 radical (unpaired) electrons. The van der Waals surface area contributed by atoms with Gasteiger partial charge in [-0.05, 0) is 36.4 Å². The molecular weight excluding hydrogens is 482 g/mol. The minimum absolute atomic E-state index is 0.139. The number of amides is 1. The summed E-state index contributed by atoms with van der Waals surface area (Å²) in [5.74, 6) is -0.911. The Balaban J connectivity index is 0.000000231. The summed E-state index contributed by atoms with van der Waals surface area (Å²) < 4.78 is 14.3. The van der Waals surface area contributed by atoms with Crippen molar-refractivity contribution in [2.45, 2.75) is 13.8 Å². The van der Waals surface area contributed by atoms with Crippen LogP contribution in [0.1, 0.15) is 24.2 Å². The number of aryl methyl sites for hydroxylation is 2. The Hall–Kier alpha value is -5.00. The molecule has 0 unspecified atom stereocenters. The van der Waals surface area contributed by atoms with E-state index in [1.807, 2.05) is 0 Å². The molecule has 0 aliphatic carbocycles. The molecule has 0 saturated carbocycles. The fourth-order valence-corrected chi connectivity index (χ4v) is 3.32. The van der Waals surface area contributed by atoms with Gasteiger partial charge in [0.1, 0.15) is 17.1 Å². The monoisotopic (exact) mass is 507 g/mol. The summed E-state index contributed by atoms with van der Waals surface area (Å²) >= 11 is 0. The molecule has 12 nitrogen and oxygen atoms in total. The van der Waals surface area contributed by atoms with Crippen molar-refractivity contribution in [3.05, 3.63) is 81.3 Å². The van der Waals surface area contributed by atoms with E-state index in [0.717, 1.165) is 4.57 Å². The average molecular weight is 508 g/mol. The maximum absolute atomic E-state index is 12.2. The lowest BCUT2D eigenvalue weighted by Crippen LogP contribution is -2.37. The van der Waals surface area contributed by atoms with Crippen LogP contribution in [0.5, 0.6) is 11.5 Å². The van der Waals surface area contributed by atoms with Gasteiger partial charge >= 0.3 is 17.6 Å². The summed E-state index contributed by atoms with van der Waals surface area (Å²) in [6.45, 7) is 2.66. The number of rotatable bonds is 4. The van der Waals surface area contributed by atoms with Crippen LogP contribution < -0.4 is 26.0 Å². The number of para-hydroxylation sites is 1. The highest BCUT2D eigenvalue weighted by atomic mass is 16.5. The first-order chi connectivity index (χ1) is 17.5. The van der Waals surface area contributed by atoms with E-state index in [0.29, 0.717) is 22.6 Å². The van der Waals surface area contributed by atoms with E-state index in [1.165, 1.54) is 43.9 Å². The second-order valence-electron chi connectivity index (χ2n) is 7.92. The molecule has 2 aromatic heterocycles. The van der Waals surface area contributed by atoms with E-state index in [1.54, 1.807) is 55.1 Å². The lowest BCUT2D eigenvalue weighted by molar-refractivity contribution is -0.131. The predicted octanol–water partition coefficient (Wildman–Crippen LogP) is 1.76. The molecule has 2 heterocycles. The van der Waals surface area contributed by atoms with Gasteiger partial charge in [0, 0.05) is 40.7 Å². The molecule has 0 aliphatic heterocycles. The lowest BCUT2D eigenvalue weighted by Gasteiger charge is -2.09. The third-order valence-electron chi connectivity index (χ3n) is 5.06. The van der Waals surface area contributed by atoms with Crippen molar-refractivity contribution < 1.29 is 23.9 Å². The zero-order chi connectivity index (χ0) is 27.3. The summed E-state index contributed by atoms with van der Waals surface area (Å²) in [4.78, 5) is 61.4. The number of esters is 2. The minimum atomic E-state index is -0.644. The number of carbonyl (C=O) groups excluding carboxylic acids is 3. The SMILES string of the molecule is CC(=O)Nc1ccc(OC(=O)c2ccccc2OC(C)=O)cc1.Cn1c(=O)c2c(ncn2C)n(C)c1=O. The molecule has 0 atom stereocenters. The number of nitrogens with one attached hydrogen (secondary N) is 1. The van der Waals surface area contributed by atoms with Crippen molar-refractivity contribution in [2.75, 3.05) is 5.32 Å². The van der Waals surface area contributed by atoms with Crippen molar-refractivity contribution in [2.24, 2.45) is 21.1 Å². The van der Waals surface area contributed by atoms with E-state index >= 15 is 0 Å². The average Bonchev–Trinajstić information content (AvgIpc) is 3.24. The summed E-state index contributed by atoms with van der Waals surface area (Å²) in [6.07, 6.45) is 1.52. The van der Waals surface area contributed by atoms with Gasteiger partial charge in [0.15, 0.2) is 11.2 Å². The summed E-state index contributed by atoms with van der Waals surface area (Å²) in [5, 5.41) is 2.61. The van der Waals surface area contributed by atoms with Gasteiger partial charge in [-0.2, -0.15) is 0 Å². The fraction of sp³-hybridized carbons (Fsp3) is 0.200. The Labute approximate surface area is 210 Å². The number of aromatic nitrogens is 4. The quantitative estimate of drug-likeness (QED) is 0.325. The molecule has 4 aromatic rings. The van der Waals surface area contributed by atoms with Crippen molar-refractivity contribution in [1.82, 2.24) is 18.7 Å². The Morgan fingerprint density at radius 2 is 1.51 bits per heavy atom. The number of anilines is 1. The minimum Gasteiger partial charge on any atom is -0.426 e. The molecule has 0 bridgehead atoms. The number of ether oxygens (including phenoxy) is 2. The maximum Gasteiger partial charge on any atom is 0.347 e. The second kappa shape index (κ2) is 11.2. The molecule has 0 aliphatic rings. The number of hydrogen-bond donors (Lipinski definition) is 1. The number of benzene rings is 2. The van der Waals surface area contributed by atoms with Crippen LogP contribution in [0.3, 0.4) is 0 Å². The van der Waals surface area contributed by atoms with Crippen LogP contribution in [0.4, 0.5) is 5.69 Å². The molecule has 1 N–H and O–H groups in total. The van der Waals surface area contributed by atoms with Crippen LogP contribution in [0, 0.1) is 0 Å². The predicted molar refractivity (Wildman–Crippen MR) is 135 cm³/mol. The van der Waals surface area contributed by atoms with Crippen LogP contribution in [-0.2, 0) is 30.7 Å². The van der Waals surface area contributed by atoms with E-state index in [2.05, 4.69) is 10.3 Å². The van der Waals surface area contributed by atoms with E-state index < -0.39 is 11.9 Å². The number of imidazole rings is 1. The first kappa shape index (κ1) is 26.6. The molecule has 0 saturated heterocycles. The molecule has 192 valence electrons. The zero-order valence-electron chi connectivity index (χ0n) is 20.8. The zero-order valence-corrected chi connectivity index (χ0v) is 20.8. The van der Waals surface area contributed by atoms with Gasteiger partial charge in [-0.1, -0.05) is 12.1 Å². The molecule has 0 fully saturated rings. The highest BCUT2D eigenvalue weighted by Gasteiger charge is 2.16. The normalized spacial score (nSPS) is 10.3. The summed E-state index contributed by atoms with van der Waals surface area (Å²) in [5.41, 5.74) is 0.922. The number of carbonyl (C=O) groups is 3. The Morgan fingerprint density at radius 3 is 2.14 bits per heavy atom. The molecule has 37 heavy (non-hydrogen) atoms. The van der Waals surface area contributed by atoms with Gasteiger partial charge in [0.2, 0.25) is 5.91 Å². The van der Waals surface area contributed by atoms with Crippen LogP contribution in [0.15, 0.2) is 64.4 Å². The molecule has 1 amide bonds. The van der Waals surface area contributed by atoms with Crippen molar-refractivity contribution in [1.29, 1.82) is 0 Å². The number of hydrogen-bond acceptors (Lipinski definition) is 8. The van der Waals surface area contributed by atoms with Crippen LogP contribution >= 0.6 is 0 Å². The molecule has 12 heteroatoms. The first-order valence-corrected chi connectivity index (χ1v) is 10.9. The van der Waals surface area contributed by atoms with Crippen molar-refractivity contribution in [3.63, 3.8) is 0 Å². The number of nitrogens with zero attached hydrogens (tertiary/aromatic N) is 4. The van der Waals surface area contributed by atoms with E-state index in [-0.39, 0.29) is 28.5 Å². The molecular formula is C25H25N5O7. The lowest BCUT2D eigenvalue weighted by atomic mass is 10.2. The van der Waals surface area contributed by atoms with Gasteiger partial charge in [-0.25, -0.2) is 14.6 Å². The third-order valence-corrected chi connectivity index (χ3v) is 5.06.